The molecule has 33 heavy (non-hydrogen) atoms. The van der Waals surface area contributed by atoms with Crippen LogP contribution in [-0.4, -0.2) is 77.1 Å². The maximum Gasteiger partial charge on any atom is 0.229 e. The third kappa shape index (κ3) is 4.53. The van der Waals surface area contributed by atoms with Gasteiger partial charge in [0.15, 0.2) is 11.5 Å². The molecule has 2 aliphatic rings. The van der Waals surface area contributed by atoms with Crippen LogP contribution >= 0.6 is 0 Å². The third-order valence-electron chi connectivity index (χ3n) is 5.96. The first-order chi connectivity index (χ1) is 15.9. The number of ether oxygens (including phenoxy) is 5. The van der Waals surface area contributed by atoms with Crippen LogP contribution in [0.15, 0.2) is 30.3 Å². The van der Waals surface area contributed by atoms with Gasteiger partial charge in [-0.2, -0.15) is 0 Å². The van der Waals surface area contributed by atoms with Crippen molar-refractivity contribution < 1.29 is 49.2 Å². The van der Waals surface area contributed by atoms with Crippen molar-refractivity contribution in [3.05, 3.63) is 41.5 Å². The Morgan fingerprint density at radius 3 is 2.42 bits per heavy atom. The van der Waals surface area contributed by atoms with Crippen LogP contribution < -0.4 is 18.9 Å². The average Bonchev–Trinajstić information content (AvgIpc) is 2.83. The molecule has 2 aromatic carbocycles. The van der Waals surface area contributed by atoms with Gasteiger partial charge in [-0.1, -0.05) is 6.07 Å². The molecule has 4 rings (SSSR count). The van der Waals surface area contributed by atoms with Gasteiger partial charge in [-0.05, 0) is 30.5 Å². The number of methoxy groups -OCH3 is 2. The largest absolute Gasteiger partial charge is 0.504 e. The fraction of sp³-hybridized carbons (Fsp3) is 0.478. The summed E-state index contributed by atoms with van der Waals surface area (Å²) in [4.78, 5) is 0. The van der Waals surface area contributed by atoms with Crippen LogP contribution in [0.4, 0.5) is 0 Å². The lowest BCUT2D eigenvalue weighted by Crippen LogP contribution is -2.60. The van der Waals surface area contributed by atoms with Gasteiger partial charge >= 0.3 is 0 Å². The maximum absolute atomic E-state index is 10.3. The van der Waals surface area contributed by atoms with E-state index in [4.69, 9.17) is 23.7 Å². The number of aliphatic hydroxyl groups is 4. The Kier molecular flexibility index (Phi) is 6.82. The van der Waals surface area contributed by atoms with Crippen molar-refractivity contribution >= 4 is 0 Å². The van der Waals surface area contributed by atoms with E-state index in [0.29, 0.717) is 30.1 Å². The van der Waals surface area contributed by atoms with Crippen molar-refractivity contribution in [3.8, 4) is 28.7 Å². The van der Waals surface area contributed by atoms with Gasteiger partial charge in [-0.25, -0.2) is 0 Å². The number of hydrogen-bond acceptors (Lipinski definition) is 10. The summed E-state index contributed by atoms with van der Waals surface area (Å²) in [5, 5.41) is 49.5. The first-order valence-electron chi connectivity index (χ1n) is 10.6. The maximum atomic E-state index is 10.3. The van der Waals surface area contributed by atoms with E-state index in [2.05, 4.69) is 0 Å². The fourth-order valence-electron chi connectivity index (χ4n) is 4.11. The zero-order chi connectivity index (χ0) is 23.7. The molecule has 1 unspecified atom stereocenters. The van der Waals surface area contributed by atoms with Crippen LogP contribution in [0.25, 0.3) is 0 Å². The molecule has 6 atom stereocenters. The molecule has 0 amide bonds. The molecular formula is C23H28O10. The van der Waals surface area contributed by atoms with Gasteiger partial charge in [0.1, 0.15) is 47.8 Å². The molecule has 2 aliphatic heterocycles. The van der Waals surface area contributed by atoms with Crippen LogP contribution in [0.3, 0.4) is 0 Å². The molecule has 2 heterocycles. The molecule has 0 aromatic heterocycles. The van der Waals surface area contributed by atoms with Crippen molar-refractivity contribution in [3.63, 3.8) is 0 Å². The number of aromatic hydroxyl groups is 1. The molecule has 0 spiro atoms. The molecule has 1 fully saturated rings. The number of aliphatic hydroxyl groups excluding tert-OH is 4. The Bertz CT molecular complexity index is 978. The van der Waals surface area contributed by atoms with Gasteiger partial charge in [0.2, 0.25) is 6.29 Å². The molecule has 0 radical (unpaired) electrons. The Balaban J connectivity index is 1.59. The predicted octanol–water partition coefficient (Wildman–Crippen LogP) is 0.654. The number of fused-ring (bicyclic) bond motifs is 1. The second kappa shape index (κ2) is 9.62. The van der Waals surface area contributed by atoms with Crippen molar-refractivity contribution in [2.75, 3.05) is 20.8 Å². The van der Waals surface area contributed by atoms with Crippen LogP contribution in [-0.2, 0) is 11.2 Å². The predicted molar refractivity (Wildman–Crippen MR) is 114 cm³/mol. The number of benzene rings is 2. The van der Waals surface area contributed by atoms with E-state index in [9.17, 15) is 25.5 Å². The molecule has 2 aromatic rings. The second-order valence-corrected chi connectivity index (χ2v) is 7.99. The first-order valence-corrected chi connectivity index (χ1v) is 10.6. The summed E-state index contributed by atoms with van der Waals surface area (Å²) in [6.07, 6.45) is -5.96. The molecule has 0 aliphatic carbocycles. The number of hydrogen-bond donors (Lipinski definition) is 5. The molecule has 0 bridgehead atoms. The van der Waals surface area contributed by atoms with Gasteiger partial charge in [0.05, 0.1) is 20.8 Å². The standard InChI is InChI=1S/C23H28O10/c1-29-16-8-12(31-23-22(28)21(27)20(26)19(10-24)33-23)9-17-13(16)4-6-15(32-17)11-3-5-14(25)18(7-11)30-2/h3,5,7-9,15,19-28H,4,6,10H2,1-2H3/t15?,19-,20-,21+,22-,23-/m1/s1. The van der Waals surface area contributed by atoms with E-state index in [0.717, 1.165) is 11.1 Å². The summed E-state index contributed by atoms with van der Waals surface area (Å²) in [7, 11) is 2.99. The minimum absolute atomic E-state index is 0.0364. The molecule has 10 heteroatoms. The molecule has 0 saturated carbocycles. The molecule has 5 N–H and O–H groups in total. The normalized spacial score (nSPS) is 29.0. The summed E-state index contributed by atoms with van der Waals surface area (Å²) in [5.74, 6) is 1.67. The van der Waals surface area contributed by atoms with Crippen LogP contribution in [0.1, 0.15) is 23.7 Å². The summed E-state index contributed by atoms with van der Waals surface area (Å²) in [6.45, 7) is -0.556. The lowest BCUT2D eigenvalue weighted by molar-refractivity contribution is -0.277. The smallest absolute Gasteiger partial charge is 0.229 e. The quantitative estimate of drug-likeness (QED) is 0.413. The summed E-state index contributed by atoms with van der Waals surface area (Å²) < 4.78 is 28.1. The van der Waals surface area contributed by atoms with Gasteiger partial charge < -0.3 is 49.2 Å². The van der Waals surface area contributed by atoms with E-state index in [1.165, 1.54) is 14.2 Å². The topological polar surface area (TPSA) is 147 Å². The highest BCUT2D eigenvalue weighted by molar-refractivity contribution is 5.52. The monoisotopic (exact) mass is 464 g/mol. The van der Waals surface area contributed by atoms with E-state index in [-0.39, 0.29) is 17.6 Å². The SMILES string of the molecule is COc1cc(C2CCc3c(OC)cc(O[C@@H]4O[C@H](CO)[C@@H](O)[C@H](O)[C@H]4O)cc3O2)ccc1O. The van der Waals surface area contributed by atoms with E-state index < -0.39 is 37.3 Å². The average molecular weight is 464 g/mol. The van der Waals surface area contributed by atoms with Crippen molar-refractivity contribution in [1.82, 2.24) is 0 Å². The molecule has 180 valence electrons. The van der Waals surface area contributed by atoms with E-state index >= 15 is 0 Å². The molecular weight excluding hydrogens is 436 g/mol. The fourth-order valence-corrected chi connectivity index (χ4v) is 4.11. The second-order valence-electron chi connectivity index (χ2n) is 7.99. The zero-order valence-electron chi connectivity index (χ0n) is 18.2. The first kappa shape index (κ1) is 23.4. The van der Waals surface area contributed by atoms with Gasteiger partial charge in [-0.3, -0.25) is 0 Å². The Hall–Kier alpha value is -2.76. The highest BCUT2D eigenvalue weighted by Gasteiger charge is 2.44. The third-order valence-corrected chi connectivity index (χ3v) is 5.96. The van der Waals surface area contributed by atoms with Crippen LogP contribution in [0.2, 0.25) is 0 Å². The highest BCUT2D eigenvalue weighted by Crippen LogP contribution is 2.43. The lowest BCUT2D eigenvalue weighted by atomic mass is 9.96. The Labute approximate surface area is 190 Å². The van der Waals surface area contributed by atoms with Crippen molar-refractivity contribution in [2.45, 2.75) is 49.7 Å². The van der Waals surface area contributed by atoms with E-state index in [1.54, 1.807) is 30.3 Å². The Morgan fingerprint density at radius 1 is 0.970 bits per heavy atom. The van der Waals surface area contributed by atoms with Crippen LogP contribution in [0.5, 0.6) is 28.7 Å². The summed E-state index contributed by atoms with van der Waals surface area (Å²) in [6, 6.07) is 8.28. The van der Waals surface area contributed by atoms with E-state index in [1.807, 2.05) is 0 Å². The summed E-state index contributed by atoms with van der Waals surface area (Å²) in [5.41, 5.74) is 1.68. The van der Waals surface area contributed by atoms with Crippen molar-refractivity contribution in [2.24, 2.45) is 0 Å². The molecule has 10 nitrogen and oxygen atoms in total. The lowest BCUT2D eigenvalue weighted by Gasteiger charge is -2.39. The number of phenols is 1. The molecule has 1 saturated heterocycles. The van der Waals surface area contributed by atoms with Crippen molar-refractivity contribution in [1.29, 1.82) is 0 Å². The minimum atomic E-state index is -1.55. The highest BCUT2D eigenvalue weighted by atomic mass is 16.7. The van der Waals surface area contributed by atoms with Gasteiger partial charge in [0, 0.05) is 17.7 Å². The number of phenolic OH excluding ortho intramolecular Hbond substituents is 1. The van der Waals surface area contributed by atoms with Crippen LogP contribution in [0, 0.1) is 0 Å². The van der Waals surface area contributed by atoms with Gasteiger partial charge in [0.25, 0.3) is 0 Å². The minimum Gasteiger partial charge on any atom is -0.504 e. The zero-order valence-corrected chi connectivity index (χ0v) is 18.2. The number of rotatable bonds is 6. The summed E-state index contributed by atoms with van der Waals surface area (Å²) >= 11 is 0. The Morgan fingerprint density at radius 2 is 1.73 bits per heavy atom. The van der Waals surface area contributed by atoms with Gasteiger partial charge in [-0.15, -0.1) is 0 Å².